The lowest BCUT2D eigenvalue weighted by Gasteiger charge is -2.05. The highest BCUT2D eigenvalue weighted by molar-refractivity contribution is 5.65. The molecular weight excluding hydrogens is 340 g/mol. The molecule has 0 bridgehead atoms. The lowest BCUT2D eigenvalue weighted by atomic mass is 10.0. The van der Waals surface area contributed by atoms with E-state index in [1.165, 1.54) is 6.07 Å². The molecule has 0 N–H and O–H groups in total. The van der Waals surface area contributed by atoms with Crippen molar-refractivity contribution in [3.8, 4) is 23.0 Å². The van der Waals surface area contributed by atoms with Crippen molar-refractivity contribution in [2.45, 2.75) is 13.3 Å². The molecule has 26 heavy (non-hydrogen) atoms. The van der Waals surface area contributed by atoms with Crippen LogP contribution in [0.3, 0.4) is 0 Å². The summed E-state index contributed by atoms with van der Waals surface area (Å²) in [6, 6.07) is 13.6. The molecule has 0 nitrogen and oxygen atoms in total. The van der Waals surface area contributed by atoms with Gasteiger partial charge in [-0.05, 0) is 47.9 Å². The van der Waals surface area contributed by atoms with E-state index >= 15 is 0 Å². The molecule has 0 radical (unpaired) electrons. The molecule has 0 amide bonds. The van der Waals surface area contributed by atoms with Crippen molar-refractivity contribution in [3.05, 3.63) is 94.6 Å². The van der Waals surface area contributed by atoms with Gasteiger partial charge in [-0.1, -0.05) is 43.0 Å². The molecule has 4 heteroatoms. The molecule has 0 atom stereocenters. The highest BCUT2D eigenvalue weighted by Crippen LogP contribution is 2.24. The van der Waals surface area contributed by atoms with Crippen LogP contribution < -0.4 is 0 Å². The maximum absolute atomic E-state index is 14.2. The predicted octanol–water partition coefficient (Wildman–Crippen LogP) is 5.87. The molecule has 3 rings (SSSR count). The molecule has 0 saturated carbocycles. The van der Waals surface area contributed by atoms with Crippen molar-refractivity contribution in [1.29, 1.82) is 0 Å². The van der Waals surface area contributed by atoms with Gasteiger partial charge in [0.05, 0.1) is 0 Å². The molecule has 0 aliphatic rings. The van der Waals surface area contributed by atoms with Gasteiger partial charge >= 0.3 is 0 Å². The minimum atomic E-state index is -1.52. The number of benzene rings is 3. The van der Waals surface area contributed by atoms with Crippen LogP contribution in [0.25, 0.3) is 11.1 Å². The Labute approximate surface area is 149 Å². The van der Waals surface area contributed by atoms with Crippen molar-refractivity contribution < 1.29 is 17.6 Å². The van der Waals surface area contributed by atoms with E-state index in [0.29, 0.717) is 16.7 Å². The Bertz CT molecular complexity index is 986. The minimum Gasteiger partial charge on any atom is -0.206 e. The largest absolute Gasteiger partial charge is 0.206 e. The summed E-state index contributed by atoms with van der Waals surface area (Å²) >= 11 is 0. The van der Waals surface area contributed by atoms with Gasteiger partial charge in [0, 0.05) is 16.7 Å². The zero-order valence-electron chi connectivity index (χ0n) is 13.9. The molecule has 130 valence electrons. The lowest BCUT2D eigenvalue weighted by molar-refractivity contribution is 0.446. The van der Waals surface area contributed by atoms with Crippen molar-refractivity contribution in [2.75, 3.05) is 0 Å². The number of aryl methyl sites for hydroxylation is 1. The second-order valence-corrected chi connectivity index (χ2v) is 5.75. The summed E-state index contributed by atoms with van der Waals surface area (Å²) in [5.74, 6) is 0.959. The molecular formula is C22H14F4. The van der Waals surface area contributed by atoms with Crippen LogP contribution in [0, 0.1) is 35.1 Å². The van der Waals surface area contributed by atoms with Crippen LogP contribution in [0.15, 0.2) is 54.6 Å². The first kappa shape index (κ1) is 17.8. The fourth-order valence-electron chi connectivity index (χ4n) is 2.52. The van der Waals surface area contributed by atoms with Crippen LogP contribution >= 0.6 is 0 Å². The Morgan fingerprint density at radius 2 is 1.31 bits per heavy atom. The highest BCUT2D eigenvalue weighted by atomic mass is 19.2. The van der Waals surface area contributed by atoms with E-state index in [2.05, 4.69) is 11.8 Å². The Morgan fingerprint density at radius 1 is 0.692 bits per heavy atom. The van der Waals surface area contributed by atoms with E-state index in [0.717, 1.165) is 24.1 Å². The van der Waals surface area contributed by atoms with Gasteiger partial charge in [-0.2, -0.15) is 0 Å². The number of halogens is 4. The first-order valence-electron chi connectivity index (χ1n) is 8.03. The third kappa shape index (κ3) is 3.78. The summed E-state index contributed by atoms with van der Waals surface area (Å²) in [5, 5.41) is 0. The van der Waals surface area contributed by atoms with Crippen molar-refractivity contribution in [2.24, 2.45) is 0 Å². The first-order chi connectivity index (χ1) is 12.5. The maximum atomic E-state index is 14.2. The fraction of sp³-hybridized carbons (Fsp3) is 0.0909. The first-order valence-corrected chi connectivity index (χ1v) is 8.03. The smallest absolute Gasteiger partial charge is 0.194 e. The van der Waals surface area contributed by atoms with E-state index in [4.69, 9.17) is 0 Å². The second-order valence-electron chi connectivity index (χ2n) is 5.75. The molecule has 3 aromatic rings. The topological polar surface area (TPSA) is 0 Å². The monoisotopic (exact) mass is 354 g/mol. The zero-order chi connectivity index (χ0) is 18.7. The number of hydrogen-bond acceptors (Lipinski definition) is 0. The molecule has 0 fully saturated rings. The van der Waals surface area contributed by atoms with Gasteiger partial charge in [-0.15, -0.1) is 0 Å². The van der Waals surface area contributed by atoms with E-state index in [-0.39, 0.29) is 11.4 Å². The van der Waals surface area contributed by atoms with Crippen LogP contribution in [0.1, 0.15) is 23.6 Å². The molecule has 0 aromatic heterocycles. The summed E-state index contributed by atoms with van der Waals surface area (Å²) in [6.07, 6.45) is 0.760. The van der Waals surface area contributed by atoms with E-state index in [9.17, 15) is 17.6 Å². The highest BCUT2D eigenvalue weighted by Gasteiger charge is 2.09. The maximum Gasteiger partial charge on any atom is 0.194 e. The minimum absolute atomic E-state index is 0.0340. The summed E-state index contributed by atoms with van der Waals surface area (Å²) in [4.78, 5) is 0. The molecule has 0 aliphatic heterocycles. The Kier molecular flexibility index (Phi) is 5.09. The van der Waals surface area contributed by atoms with Crippen LogP contribution in [0.5, 0.6) is 0 Å². The normalized spacial score (nSPS) is 10.3. The summed E-state index contributed by atoms with van der Waals surface area (Å²) < 4.78 is 53.5. The summed E-state index contributed by atoms with van der Waals surface area (Å²) in [7, 11) is 0. The van der Waals surface area contributed by atoms with Gasteiger partial charge in [0.1, 0.15) is 5.82 Å². The zero-order valence-corrected chi connectivity index (χ0v) is 13.9. The van der Waals surface area contributed by atoms with Crippen LogP contribution in [-0.2, 0) is 6.42 Å². The van der Waals surface area contributed by atoms with Crippen LogP contribution in [-0.4, -0.2) is 0 Å². The molecule has 0 unspecified atom stereocenters. The quantitative estimate of drug-likeness (QED) is 0.307. The molecule has 0 spiro atoms. The second kappa shape index (κ2) is 7.45. The van der Waals surface area contributed by atoms with Crippen LogP contribution in [0.2, 0.25) is 0 Å². The molecule has 0 aliphatic carbocycles. The predicted molar refractivity (Wildman–Crippen MR) is 93.5 cm³/mol. The number of rotatable bonds is 2. The van der Waals surface area contributed by atoms with Gasteiger partial charge in [0.25, 0.3) is 0 Å². The van der Waals surface area contributed by atoms with Crippen LogP contribution in [0.4, 0.5) is 17.6 Å². The SMILES string of the molecule is CCc1ccc(-c2ccc(C#Cc3cc(F)c(F)c(F)c3)cc2)c(F)c1. The van der Waals surface area contributed by atoms with Crippen molar-refractivity contribution in [1.82, 2.24) is 0 Å². The lowest BCUT2D eigenvalue weighted by Crippen LogP contribution is -1.91. The van der Waals surface area contributed by atoms with E-state index in [1.807, 2.05) is 13.0 Å². The van der Waals surface area contributed by atoms with Gasteiger partial charge in [0.2, 0.25) is 0 Å². The Hall–Kier alpha value is -3.06. The van der Waals surface area contributed by atoms with Gasteiger partial charge in [0.15, 0.2) is 17.5 Å². The Balaban J connectivity index is 1.85. The van der Waals surface area contributed by atoms with Gasteiger partial charge < -0.3 is 0 Å². The van der Waals surface area contributed by atoms with E-state index in [1.54, 1.807) is 30.3 Å². The average Bonchev–Trinajstić information content (AvgIpc) is 2.64. The average molecular weight is 354 g/mol. The summed E-state index contributed by atoms with van der Waals surface area (Å²) in [5.41, 5.74) is 2.74. The third-order valence-corrected chi connectivity index (χ3v) is 3.97. The van der Waals surface area contributed by atoms with Gasteiger partial charge in [-0.25, -0.2) is 17.6 Å². The summed E-state index contributed by atoms with van der Waals surface area (Å²) in [6.45, 7) is 1.96. The third-order valence-electron chi connectivity index (χ3n) is 3.97. The standard InChI is InChI=1S/C22H14F4/c1-2-14-7-10-18(19(23)11-14)17-8-5-15(6-9-17)3-4-16-12-20(24)22(26)21(25)13-16/h5-13H,2H2,1H3. The Morgan fingerprint density at radius 3 is 1.88 bits per heavy atom. The fourth-order valence-corrected chi connectivity index (χ4v) is 2.52. The van der Waals surface area contributed by atoms with Crippen molar-refractivity contribution >= 4 is 0 Å². The van der Waals surface area contributed by atoms with Crippen molar-refractivity contribution in [3.63, 3.8) is 0 Å². The number of hydrogen-bond donors (Lipinski definition) is 0. The molecule has 0 saturated heterocycles. The molecule has 0 heterocycles. The molecule has 3 aromatic carbocycles. The van der Waals surface area contributed by atoms with E-state index < -0.39 is 17.5 Å². The van der Waals surface area contributed by atoms with Gasteiger partial charge in [-0.3, -0.25) is 0 Å².